The van der Waals surface area contributed by atoms with Crippen LogP contribution >= 0.6 is 15.9 Å². The molecule has 2 N–H and O–H groups in total. The van der Waals surface area contributed by atoms with Crippen LogP contribution in [-0.4, -0.2) is 22.7 Å². The van der Waals surface area contributed by atoms with Crippen molar-refractivity contribution in [1.29, 1.82) is 0 Å². The van der Waals surface area contributed by atoms with Crippen molar-refractivity contribution in [3.05, 3.63) is 28.3 Å². The van der Waals surface area contributed by atoms with E-state index >= 15 is 0 Å². The van der Waals surface area contributed by atoms with Gasteiger partial charge in [0.25, 0.3) is 5.69 Å². The van der Waals surface area contributed by atoms with E-state index in [1.165, 1.54) is 23.1 Å². The van der Waals surface area contributed by atoms with Crippen LogP contribution in [0.1, 0.15) is 6.42 Å². The lowest BCUT2D eigenvalue weighted by Crippen LogP contribution is -2.25. The summed E-state index contributed by atoms with van der Waals surface area (Å²) in [6.45, 7) is 0.537. The molecule has 0 bridgehead atoms. The van der Waals surface area contributed by atoms with Crippen LogP contribution in [0.15, 0.2) is 18.2 Å². The number of halogens is 1. The molecule has 1 aliphatic rings. The molecular formula is C11H12BrN3O3. The zero-order valence-corrected chi connectivity index (χ0v) is 11.1. The lowest BCUT2D eigenvalue weighted by atomic mass is 10.2. The highest BCUT2D eigenvalue weighted by atomic mass is 79.9. The van der Waals surface area contributed by atoms with E-state index in [-0.39, 0.29) is 17.5 Å². The first-order valence-electron chi connectivity index (χ1n) is 5.43. The van der Waals surface area contributed by atoms with Crippen molar-refractivity contribution < 1.29 is 9.72 Å². The third-order valence-corrected chi connectivity index (χ3v) is 3.85. The number of hydrogen-bond acceptors (Lipinski definition) is 4. The first-order chi connectivity index (χ1) is 8.52. The van der Waals surface area contributed by atoms with E-state index in [1.807, 2.05) is 0 Å². The Hall–Kier alpha value is -1.63. The quantitative estimate of drug-likeness (QED) is 0.399. The molecule has 7 heteroatoms. The third kappa shape index (κ3) is 2.31. The van der Waals surface area contributed by atoms with Crippen LogP contribution in [-0.2, 0) is 4.79 Å². The summed E-state index contributed by atoms with van der Waals surface area (Å²) in [6, 6.07) is 4.15. The Morgan fingerprint density at radius 2 is 2.28 bits per heavy atom. The number of nitro benzene ring substituents is 1. The lowest BCUT2D eigenvalue weighted by Gasteiger charge is -2.18. The Balaban J connectivity index is 2.35. The molecule has 1 atom stereocenters. The number of carbonyl (C=O) groups is 1. The predicted octanol–water partition coefficient (Wildman–Crippen LogP) is 1.92. The van der Waals surface area contributed by atoms with Gasteiger partial charge in [0.2, 0.25) is 5.91 Å². The molecular weight excluding hydrogens is 302 g/mol. The molecule has 1 heterocycles. The smallest absolute Gasteiger partial charge is 0.271 e. The van der Waals surface area contributed by atoms with Crippen molar-refractivity contribution in [2.45, 2.75) is 6.42 Å². The number of anilines is 2. The molecule has 2 rings (SSSR count). The number of carbonyl (C=O) groups excluding carboxylic acids is 1. The fourth-order valence-corrected chi connectivity index (χ4v) is 2.43. The van der Waals surface area contributed by atoms with Gasteiger partial charge < -0.3 is 10.6 Å². The normalized spacial score (nSPS) is 19.3. The van der Waals surface area contributed by atoms with Gasteiger partial charge in [0.15, 0.2) is 0 Å². The van der Waals surface area contributed by atoms with Crippen LogP contribution in [0.2, 0.25) is 0 Å². The van der Waals surface area contributed by atoms with Crippen LogP contribution in [0.3, 0.4) is 0 Å². The van der Waals surface area contributed by atoms with Crippen LogP contribution in [0.25, 0.3) is 0 Å². The minimum absolute atomic E-state index is 0.0494. The standard InChI is InChI=1S/C11H12BrN3O3/c12-5-7-3-11(16)14(6-7)10-4-8(15(17)18)1-2-9(10)13/h1-2,4,7H,3,5-6,13H2. The van der Waals surface area contributed by atoms with Crippen molar-refractivity contribution >= 4 is 38.9 Å². The molecule has 1 unspecified atom stereocenters. The Kier molecular flexibility index (Phi) is 3.51. The Morgan fingerprint density at radius 3 is 2.83 bits per heavy atom. The molecule has 96 valence electrons. The number of hydrogen-bond donors (Lipinski definition) is 1. The minimum atomic E-state index is -0.495. The fourth-order valence-electron chi connectivity index (χ4n) is 2.00. The maximum atomic E-state index is 11.9. The SMILES string of the molecule is Nc1ccc([N+](=O)[O-])cc1N1CC(CBr)CC1=O. The second-order valence-corrected chi connectivity index (χ2v) is 4.88. The van der Waals surface area contributed by atoms with E-state index in [1.54, 1.807) is 0 Å². The second kappa shape index (κ2) is 4.93. The van der Waals surface area contributed by atoms with Gasteiger partial charge in [-0.05, 0) is 12.0 Å². The molecule has 0 spiro atoms. The number of benzene rings is 1. The molecule has 1 amide bonds. The predicted molar refractivity (Wildman–Crippen MR) is 71.8 cm³/mol. The average molecular weight is 314 g/mol. The molecule has 1 aliphatic heterocycles. The van der Waals surface area contributed by atoms with Gasteiger partial charge in [0, 0.05) is 30.4 Å². The van der Waals surface area contributed by atoms with Crippen LogP contribution in [0.4, 0.5) is 17.1 Å². The highest BCUT2D eigenvalue weighted by molar-refractivity contribution is 9.09. The summed E-state index contributed by atoms with van der Waals surface area (Å²) in [5.74, 6) is 0.169. The number of nitrogens with zero attached hydrogens (tertiary/aromatic N) is 2. The highest BCUT2D eigenvalue weighted by Gasteiger charge is 2.31. The van der Waals surface area contributed by atoms with E-state index in [0.29, 0.717) is 24.3 Å². The molecule has 1 saturated heterocycles. The van der Waals surface area contributed by atoms with E-state index in [2.05, 4.69) is 15.9 Å². The van der Waals surface area contributed by atoms with Gasteiger partial charge in [-0.25, -0.2) is 0 Å². The van der Waals surface area contributed by atoms with Gasteiger partial charge in [0.05, 0.1) is 16.3 Å². The average Bonchev–Trinajstić information content (AvgIpc) is 2.71. The summed E-state index contributed by atoms with van der Waals surface area (Å²) >= 11 is 3.34. The number of nitrogen functional groups attached to an aromatic ring is 1. The lowest BCUT2D eigenvalue weighted by molar-refractivity contribution is -0.384. The summed E-state index contributed by atoms with van der Waals surface area (Å²) in [4.78, 5) is 23.6. The maximum absolute atomic E-state index is 11.9. The molecule has 18 heavy (non-hydrogen) atoms. The molecule has 0 saturated carbocycles. The third-order valence-electron chi connectivity index (χ3n) is 2.94. The first kappa shape index (κ1) is 12.8. The van der Waals surface area contributed by atoms with Gasteiger partial charge in [-0.3, -0.25) is 14.9 Å². The zero-order chi connectivity index (χ0) is 13.3. The Morgan fingerprint density at radius 1 is 1.56 bits per heavy atom. The van der Waals surface area contributed by atoms with Gasteiger partial charge in [-0.15, -0.1) is 0 Å². The molecule has 0 aromatic heterocycles. The van der Waals surface area contributed by atoms with Crippen LogP contribution in [0.5, 0.6) is 0 Å². The van der Waals surface area contributed by atoms with E-state index in [9.17, 15) is 14.9 Å². The molecule has 0 aliphatic carbocycles. The van der Waals surface area contributed by atoms with Crippen molar-refractivity contribution in [1.82, 2.24) is 0 Å². The Bertz CT molecular complexity index is 506. The van der Waals surface area contributed by atoms with Gasteiger partial charge in [-0.1, -0.05) is 15.9 Å². The first-order valence-corrected chi connectivity index (χ1v) is 6.55. The molecule has 1 aromatic carbocycles. The molecule has 6 nitrogen and oxygen atoms in total. The number of rotatable bonds is 3. The van der Waals surface area contributed by atoms with Crippen LogP contribution < -0.4 is 10.6 Å². The number of amides is 1. The summed E-state index contributed by atoms with van der Waals surface area (Å²) in [5, 5.41) is 11.5. The maximum Gasteiger partial charge on any atom is 0.271 e. The summed E-state index contributed by atoms with van der Waals surface area (Å²) in [6.07, 6.45) is 0.438. The Labute approximate surface area is 112 Å². The molecule has 0 radical (unpaired) electrons. The van der Waals surface area contributed by atoms with Crippen molar-refractivity contribution in [2.24, 2.45) is 5.92 Å². The fraction of sp³-hybridized carbons (Fsp3) is 0.364. The number of alkyl halides is 1. The summed E-state index contributed by atoms with van der Waals surface area (Å²) in [7, 11) is 0. The van der Waals surface area contributed by atoms with Gasteiger partial charge in [-0.2, -0.15) is 0 Å². The zero-order valence-electron chi connectivity index (χ0n) is 9.51. The van der Waals surface area contributed by atoms with Crippen molar-refractivity contribution in [3.8, 4) is 0 Å². The highest BCUT2D eigenvalue weighted by Crippen LogP contribution is 2.33. The van der Waals surface area contributed by atoms with E-state index in [4.69, 9.17) is 5.73 Å². The molecule has 1 aromatic rings. The second-order valence-electron chi connectivity index (χ2n) is 4.23. The summed E-state index contributed by atoms with van der Waals surface area (Å²) < 4.78 is 0. The van der Waals surface area contributed by atoms with Crippen molar-refractivity contribution in [2.75, 3.05) is 22.5 Å². The molecule has 1 fully saturated rings. The van der Waals surface area contributed by atoms with Gasteiger partial charge >= 0.3 is 0 Å². The monoisotopic (exact) mass is 313 g/mol. The minimum Gasteiger partial charge on any atom is -0.397 e. The number of nitrogens with two attached hydrogens (primary N) is 1. The summed E-state index contributed by atoms with van der Waals surface area (Å²) in [5.41, 5.74) is 6.54. The van der Waals surface area contributed by atoms with E-state index in [0.717, 1.165) is 5.33 Å². The topological polar surface area (TPSA) is 89.5 Å². The van der Waals surface area contributed by atoms with Crippen molar-refractivity contribution in [3.63, 3.8) is 0 Å². The largest absolute Gasteiger partial charge is 0.397 e. The number of non-ortho nitro benzene ring substituents is 1. The van der Waals surface area contributed by atoms with Crippen LogP contribution in [0, 0.1) is 16.0 Å². The number of nitro groups is 1. The van der Waals surface area contributed by atoms with E-state index < -0.39 is 4.92 Å². The van der Waals surface area contributed by atoms with Gasteiger partial charge in [0.1, 0.15) is 0 Å².